The summed E-state index contributed by atoms with van der Waals surface area (Å²) in [5, 5.41) is 7.57. The highest BCUT2D eigenvalue weighted by molar-refractivity contribution is 5.89. The Labute approximate surface area is 98.4 Å². The van der Waals surface area contributed by atoms with Crippen LogP contribution in [0.5, 0.6) is 0 Å². The van der Waals surface area contributed by atoms with Gasteiger partial charge in [0.2, 0.25) is 0 Å². The Morgan fingerprint density at radius 2 is 2.47 bits per heavy atom. The predicted molar refractivity (Wildman–Crippen MR) is 61.3 cm³/mol. The van der Waals surface area contributed by atoms with Crippen LogP contribution in [0.15, 0.2) is 24.7 Å². The van der Waals surface area contributed by atoms with Gasteiger partial charge in [0.05, 0.1) is 5.56 Å². The minimum absolute atomic E-state index is 0.288. The summed E-state index contributed by atoms with van der Waals surface area (Å²) < 4.78 is 6.82. The van der Waals surface area contributed by atoms with E-state index in [1.54, 1.807) is 29.7 Å². The number of ether oxygens (including phenoxy) is 1. The smallest absolute Gasteiger partial charge is 0.339 e. The second kappa shape index (κ2) is 4.66. The van der Waals surface area contributed by atoms with E-state index in [1.165, 1.54) is 6.33 Å². The highest BCUT2D eigenvalue weighted by atomic mass is 16.5. The van der Waals surface area contributed by atoms with Gasteiger partial charge in [0, 0.05) is 12.6 Å². The largest absolute Gasteiger partial charge is 0.458 e. The second-order valence-electron chi connectivity index (χ2n) is 3.64. The third kappa shape index (κ3) is 2.42. The van der Waals surface area contributed by atoms with Gasteiger partial charge < -0.3 is 4.74 Å². The lowest BCUT2D eigenvalue weighted by Crippen LogP contribution is -2.14. The van der Waals surface area contributed by atoms with Gasteiger partial charge in [-0.05, 0) is 19.1 Å². The van der Waals surface area contributed by atoms with Gasteiger partial charge in [-0.25, -0.2) is 4.79 Å². The fourth-order valence-corrected chi connectivity index (χ4v) is 1.41. The normalized spacial score (nSPS) is 12.0. The molecule has 2 aromatic rings. The molecule has 17 heavy (non-hydrogen) atoms. The van der Waals surface area contributed by atoms with E-state index in [2.05, 4.69) is 16.1 Å². The van der Waals surface area contributed by atoms with Crippen molar-refractivity contribution < 1.29 is 9.53 Å². The van der Waals surface area contributed by atoms with Gasteiger partial charge in [0.15, 0.2) is 5.65 Å². The first-order chi connectivity index (χ1) is 8.20. The van der Waals surface area contributed by atoms with Gasteiger partial charge in [-0.1, -0.05) is 0 Å². The van der Waals surface area contributed by atoms with Gasteiger partial charge in [0.1, 0.15) is 12.4 Å². The number of carbonyl (C=O) groups excluding carboxylic acids is 1. The number of carbonyl (C=O) groups is 1. The molecule has 0 N–H and O–H groups in total. The topological polar surface area (TPSA) is 56.5 Å². The maximum Gasteiger partial charge on any atom is 0.339 e. The highest BCUT2D eigenvalue weighted by Crippen LogP contribution is 2.07. The van der Waals surface area contributed by atoms with E-state index in [0.29, 0.717) is 17.6 Å². The average Bonchev–Trinajstić information content (AvgIpc) is 2.75. The van der Waals surface area contributed by atoms with Crippen molar-refractivity contribution >= 4 is 11.6 Å². The van der Waals surface area contributed by atoms with Crippen molar-refractivity contribution in [3.05, 3.63) is 30.2 Å². The summed E-state index contributed by atoms with van der Waals surface area (Å²) in [5.41, 5.74) is 1.12. The Morgan fingerprint density at radius 1 is 1.65 bits per heavy atom. The molecule has 2 aromatic heterocycles. The third-order valence-corrected chi connectivity index (χ3v) is 2.24. The summed E-state index contributed by atoms with van der Waals surface area (Å²) in [4.78, 5) is 11.8. The summed E-state index contributed by atoms with van der Waals surface area (Å²) in [6.45, 7) is 1.76. The van der Waals surface area contributed by atoms with Crippen LogP contribution in [0.25, 0.3) is 5.65 Å². The Kier molecular flexibility index (Phi) is 3.06. The Bertz CT molecular complexity index is 583. The number of hydrogen-bond donors (Lipinski definition) is 0. The molecule has 0 aromatic carbocycles. The van der Waals surface area contributed by atoms with Crippen molar-refractivity contribution in [1.82, 2.24) is 14.6 Å². The number of hydrogen-bond acceptors (Lipinski definition) is 4. The summed E-state index contributed by atoms with van der Waals surface area (Å²) in [5.74, 6) is 2.05. The van der Waals surface area contributed by atoms with E-state index in [0.717, 1.165) is 0 Å². The zero-order valence-electron chi connectivity index (χ0n) is 9.33. The van der Waals surface area contributed by atoms with Gasteiger partial charge in [-0.2, -0.15) is 0 Å². The molecule has 0 fully saturated rings. The Hall–Kier alpha value is -2.35. The number of terminal acetylenes is 1. The molecule has 0 aliphatic carbocycles. The second-order valence-corrected chi connectivity index (χ2v) is 3.64. The highest BCUT2D eigenvalue weighted by Gasteiger charge is 2.12. The first-order valence-corrected chi connectivity index (χ1v) is 5.14. The molecule has 1 unspecified atom stereocenters. The van der Waals surface area contributed by atoms with Gasteiger partial charge >= 0.3 is 5.97 Å². The summed E-state index contributed by atoms with van der Waals surface area (Å²) >= 11 is 0. The van der Waals surface area contributed by atoms with Crippen molar-refractivity contribution in [2.75, 3.05) is 0 Å². The lowest BCUT2D eigenvalue weighted by molar-refractivity contribution is 0.0351. The fourth-order valence-electron chi connectivity index (χ4n) is 1.41. The van der Waals surface area contributed by atoms with E-state index in [4.69, 9.17) is 11.2 Å². The molecule has 0 spiro atoms. The predicted octanol–water partition coefficient (Wildman–Crippen LogP) is 1.30. The number of nitrogens with zero attached hydrogens (tertiary/aromatic N) is 3. The van der Waals surface area contributed by atoms with E-state index >= 15 is 0 Å². The number of rotatable bonds is 3. The van der Waals surface area contributed by atoms with Crippen LogP contribution in [0.3, 0.4) is 0 Å². The standard InChI is InChI=1S/C12H11N3O2/c1-3-4-9(2)17-12(16)10-5-6-11-14-13-8-15(11)7-10/h1,5-9H,4H2,2H3. The maximum absolute atomic E-state index is 11.8. The van der Waals surface area contributed by atoms with E-state index in [9.17, 15) is 4.79 Å². The zero-order chi connectivity index (χ0) is 12.3. The van der Waals surface area contributed by atoms with Crippen LogP contribution in [-0.2, 0) is 4.74 Å². The van der Waals surface area contributed by atoms with Crippen LogP contribution < -0.4 is 0 Å². The molecule has 5 nitrogen and oxygen atoms in total. The summed E-state index contributed by atoms with van der Waals surface area (Å²) in [6, 6.07) is 3.35. The molecule has 0 amide bonds. The molecule has 86 valence electrons. The molecule has 0 aliphatic heterocycles. The average molecular weight is 229 g/mol. The van der Waals surface area contributed by atoms with Crippen LogP contribution in [0.4, 0.5) is 0 Å². The molecule has 5 heteroatoms. The summed E-state index contributed by atoms with van der Waals surface area (Å²) in [6.07, 6.45) is 8.41. The lowest BCUT2D eigenvalue weighted by atomic mass is 10.2. The SMILES string of the molecule is C#CCC(C)OC(=O)c1ccc2nncn2c1. The quantitative estimate of drug-likeness (QED) is 0.588. The van der Waals surface area contributed by atoms with E-state index in [1.807, 2.05) is 0 Å². The monoisotopic (exact) mass is 229 g/mol. The van der Waals surface area contributed by atoms with Crippen LogP contribution in [-0.4, -0.2) is 26.7 Å². The number of pyridine rings is 1. The third-order valence-electron chi connectivity index (χ3n) is 2.24. The van der Waals surface area contributed by atoms with Crippen molar-refractivity contribution in [2.45, 2.75) is 19.4 Å². The molecule has 0 aliphatic rings. The van der Waals surface area contributed by atoms with Gasteiger partial charge in [-0.3, -0.25) is 4.40 Å². The molecule has 2 heterocycles. The van der Waals surface area contributed by atoms with Crippen molar-refractivity contribution in [3.63, 3.8) is 0 Å². The number of aromatic nitrogens is 3. The molecule has 0 saturated heterocycles. The molecule has 0 radical (unpaired) electrons. The molecule has 2 rings (SSSR count). The fraction of sp³-hybridized carbons (Fsp3) is 0.250. The number of esters is 1. The van der Waals surface area contributed by atoms with Crippen LogP contribution in [0, 0.1) is 12.3 Å². The molecular weight excluding hydrogens is 218 g/mol. The van der Waals surface area contributed by atoms with Crippen LogP contribution >= 0.6 is 0 Å². The van der Waals surface area contributed by atoms with Gasteiger partial charge in [-0.15, -0.1) is 22.5 Å². The Morgan fingerprint density at radius 3 is 3.24 bits per heavy atom. The van der Waals surface area contributed by atoms with Crippen molar-refractivity contribution in [1.29, 1.82) is 0 Å². The zero-order valence-corrected chi connectivity index (χ0v) is 9.33. The molecular formula is C12H11N3O2. The summed E-state index contributed by atoms with van der Waals surface area (Å²) in [7, 11) is 0. The van der Waals surface area contributed by atoms with Crippen LogP contribution in [0.2, 0.25) is 0 Å². The first-order valence-electron chi connectivity index (χ1n) is 5.14. The lowest BCUT2D eigenvalue weighted by Gasteiger charge is -2.10. The van der Waals surface area contributed by atoms with Crippen LogP contribution in [0.1, 0.15) is 23.7 Å². The molecule has 0 saturated carbocycles. The maximum atomic E-state index is 11.8. The van der Waals surface area contributed by atoms with Crippen molar-refractivity contribution in [3.8, 4) is 12.3 Å². The minimum Gasteiger partial charge on any atom is -0.458 e. The molecule has 1 atom stereocenters. The van der Waals surface area contributed by atoms with E-state index in [-0.39, 0.29) is 6.10 Å². The van der Waals surface area contributed by atoms with Gasteiger partial charge in [0.25, 0.3) is 0 Å². The van der Waals surface area contributed by atoms with E-state index < -0.39 is 5.97 Å². The Balaban J connectivity index is 2.16. The minimum atomic E-state index is -0.400. The van der Waals surface area contributed by atoms with Crippen molar-refractivity contribution in [2.24, 2.45) is 0 Å². The molecule has 0 bridgehead atoms. The number of fused-ring (bicyclic) bond motifs is 1. The first kappa shape index (κ1) is 11.1.